The Hall–Kier alpha value is -2.85. The average Bonchev–Trinajstić information content (AvgIpc) is 3.49. The summed E-state index contributed by atoms with van der Waals surface area (Å²) < 4.78 is 31.0. The van der Waals surface area contributed by atoms with Crippen LogP contribution in [0.15, 0.2) is 45.9 Å². The quantitative estimate of drug-likeness (QED) is 0.499. The molecule has 0 saturated carbocycles. The predicted molar refractivity (Wildman–Crippen MR) is 122 cm³/mol. The van der Waals surface area contributed by atoms with Gasteiger partial charge in [0.1, 0.15) is 6.04 Å². The summed E-state index contributed by atoms with van der Waals surface area (Å²) >= 11 is 0. The minimum Gasteiger partial charge on any atom is -0.438 e. The van der Waals surface area contributed by atoms with E-state index in [9.17, 15) is 18.0 Å². The molecule has 3 N–H and O–H groups in total. The summed E-state index contributed by atoms with van der Waals surface area (Å²) in [5.74, 6) is -1.16. The first kappa shape index (κ1) is 23.8. The fourth-order valence-corrected chi connectivity index (χ4v) is 4.23. The number of rotatable bonds is 10. The largest absolute Gasteiger partial charge is 0.438 e. The molecule has 1 saturated heterocycles. The Bertz CT molecular complexity index is 1040. The van der Waals surface area contributed by atoms with E-state index in [2.05, 4.69) is 20.3 Å². The summed E-state index contributed by atoms with van der Waals surface area (Å²) in [6.07, 6.45) is 4.36. The molecule has 9 nitrogen and oxygen atoms in total. The van der Waals surface area contributed by atoms with E-state index in [4.69, 9.17) is 4.42 Å². The second kappa shape index (κ2) is 10.6. The number of carbonyl (C=O) groups excluding carboxylic acids is 2. The number of amides is 2. The summed E-state index contributed by atoms with van der Waals surface area (Å²) in [5, 5.41) is 5.20. The van der Waals surface area contributed by atoms with E-state index in [-0.39, 0.29) is 16.8 Å². The van der Waals surface area contributed by atoms with Crippen molar-refractivity contribution in [3.63, 3.8) is 0 Å². The predicted octanol–water partition coefficient (Wildman–Crippen LogP) is 2.72. The van der Waals surface area contributed by atoms with Crippen LogP contribution in [0.25, 0.3) is 0 Å². The van der Waals surface area contributed by atoms with Crippen molar-refractivity contribution >= 4 is 33.2 Å². The fourth-order valence-electron chi connectivity index (χ4n) is 3.58. The van der Waals surface area contributed by atoms with E-state index in [0.29, 0.717) is 12.1 Å². The van der Waals surface area contributed by atoms with Crippen molar-refractivity contribution in [2.24, 2.45) is 0 Å². The maximum atomic E-state index is 13.0. The molecule has 1 atom stereocenters. The number of hydrogen-bond donors (Lipinski definition) is 3. The molecule has 1 aliphatic heterocycles. The molecular formula is C22H30N4O5S. The number of unbranched alkanes of at least 4 members (excludes halogenated alkanes) is 1. The first-order valence-electron chi connectivity index (χ1n) is 10.8. The number of nitrogens with one attached hydrogen (secondary N) is 3. The van der Waals surface area contributed by atoms with Crippen molar-refractivity contribution in [3.05, 3.63) is 42.2 Å². The van der Waals surface area contributed by atoms with E-state index in [1.165, 1.54) is 19.2 Å². The van der Waals surface area contributed by atoms with Gasteiger partial charge >= 0.3 is 0 Å². The minimum atomic E-state index is -3.80. The van der Waals surface area contributed by atoms with Crippen LogP contribution in [0, 0.1) is 0 Å². The zero-order chi connectivity index (χ0) is 23.1. The van der Waals surface area contributed by atoms with Crippen LogP contribution in [0.3, 0.4) is 0 Å². The third-order valence-electron chi connectivity index (χ3n) is 5.39. The van der Waals surface area contributed by atoms with E-state index >= 15 is 0 Å². The van der Waals surface area contributed by atoms with Gasteiger partial charge in [-0.05, 0) is 56.6 Å². The van der Waals surface area contributed by atoms with E-state index in [1.807, 2.05) is 31.2 Å². The monoisotopic (exact) mass is 462 g/mol. The topological polar surface area (TPSA) is 121 Å². The van der Waals surface area contributed by atoms with Gasteiger partial charge < -0.3 is 20.0 Å². The van der Waals surface area contributed by atoms with Crippen molar-refractivity contribution in [2.75, 3.05) is 30.4 Å². The van der Waals surface area contributed by atoms with Gasteiger partial charge in [0.15, 0.2) is 5.76 Å². The van der Waals surface area contributed by atoms with Crippen LogP contribution < -0.4 is 20.3 Å². The van der Waals surface area contributed by atoms with Crippen molar-refractivity contribution in [3.8, 4) is 0 Å². The molecule has 0 aliphatic carbocycles. The zero-order valence-corrected chi connectivity index (χ0v) is 19.2. The smallest absolute Gasteiger partial charge is 0.287 e. The third kappa shape index (κ3) is 5.89. The standard InChI is InChI=1S/C22H30N4O5S/c1-3-4-10-18(25-22(28)19-11-12-20(31-19)32(29,30)23-2)21(27)24-16-8-7-9-17(15-16)26-13-5-6-14-26/h7-9,11-12,15,18,23H,3-6,10,13-14H2,1-2H3,(H,24,27)(H,25,28). The van der Waals surface area contributed by atoms with Crippen LogP contribution in [-0.2, 0) is 14.8 Å². The Morgan fingerprint density at radius 3 is 2.59 bits per heavy atom. The lowest BCUT2D eigenvalue weighted by Crippen LogP contribution is -2.43. The number of sulfonamides is 1. The van der Waals surface area contributed by atoms with Crippen LogP contribution in [0.4, 0.5) is 11.4 Å². The number of hydrogen-bond acceptors (Lipinski definition) is 6. The average molecular weight is 463 g/mol. The summed E-state index contributed by atoms with van der Waals surface area (Å²) in [7, 11) is -2.55. The molecule has 1 aromatic heterocycles. The highest BCUT2D eigenvalue weighted by Gasteiger charge is 2.25. The van der Waals surface area contributed by atoms with Crippen molar-refractivity contribution in [1.29, 1.82) is 0 Å². The van der Waals surface area contributed by atoms with Crippen LogP contribution in [0.2, 0.25) is 0 Å². The van der Waals surface area contributed by atoms with Crippen LogP contribution in [-0.4, -0.2) is 46.4 Å². The van der Waals surface area contributed by atoms with Gasteiger partial charge in [0.2, 0.25) is 11.0 Å². The summed E-state index contributed by atoms with van der Waals surface area (Å²) in [5.41, 5.74) is 1.72. The number of benzene rings is 1. The SMILES string of the molecule is CCCCC(NC(=O)c1ccc(S(=O)(=O)NC)o1)C(=O)Nc1cccc(N2CCCC2)c1. The molecule has 0 radical (unpaired) electrons. The van der Waals surface area contributed by atoms with Gasteiger partial charge in [0.05, 0.1) is 0 Å². The lowest BCUT2D eigenvalue weighted by atomic mass is 10.1. The maximum absolute atomic E-state index is 13.0. The molecule has 3 rings (SSSR count). The molecule has 1 aliphatic rings. The maximum Gasteiger partial charge on any atom is 0.287 e. The molecule has 0 bridgehead atoms. The number of anilines is 2. The fraction of sp³-hybridized carbons (Fsp3) is 0.455. The van der Waals surface area contributed by atoms with Gasteiger partial charge in [-0.1, -0.05) is 25.8 Å². The Labute approximate surface area is 188 Å². The van der Waals surface area contributed by atoms with E-state index in [1.54, 1.807) is 0 Å². The van der Waals surface area contributed by atoms with Gasteiger partial charge in [-0.2, -0.15) is 0 Å². The summed E-state index contributed by atoms with van der Waals surface area (Å²) in [4.78, 5) is 27.9. The molecule has 2 aromatic rings. The second-order valence-corrected chi connectivity index (χ2v) is 9.55. The molecule has 1 unspecified atom stereocenters. The van der Waals surface area contributed by atoms with Crippen LogP contribution in [0.5, 0.6) is 0 Å². The van der Waals surface area contributed by atoms with Gasteiger partial charge in [0, 0.05) is 24.5 Å². The molecule has 1 fully saturated rings. The van der Waals surface area contributed by atoms with Gasteiger partial charge in [-0.25, -0.2) is 13.1 Å². The highest BCUT2D eigenvalue weighted by molar-refractivity contribution is 7.89. The van der Waals surface area contributed by atoms with Crippen molar-refractivity contribution in [2.45, 2.75) is 50.2 Å². The third-order valence-corrected chi connectivity index (χ3v) is 6.68. The lowest BCUT2D eigenvalue weighted by Gasteiger charge is -2.20. The molecular weight excluding hydrogens is 432 g/mol. The van der Waals surface area contributed by atoms with Crippen molar-refractivity contribution < 1.29 is 22.4 Å². The molecule has 0 spiro atoms. The van der Waals surface area contributed by atoms with Crippen LogP contribution in [0.1, 0.15) is 49.6 Å². The van der Waals surface area contributed by atoms with Gasteiger partial charge in [-0.15, -0.1) is 0 Å². The summed E-state index contributed by atoms with van der Waals surface area (Å²) in [6.45, 7) is 4.00. The van der Waals surface area contributed by atoms with E-state index in [0.717, 1.165) is 44.5 Å². The minimum absolute atomic E-state index is 0.177. The lowest BCUT2D eigenvalue weighted by molar-refractivity contribution is -0.118. The Kier molecular flexibility index (Phi) is 7.92. The molecule has 1 aromatic carbocycles. The summed E-state index contributed by atoms with van der Waals surface area (Å²) in [6, 6.07) is 9.36. The number of furan rings is 1. The first-order chi connectivity index (χ1) is 15.3. The molecule has 174 valence electrons. The normalized spacial score (nSPS) is 14.9. The number of nitrogens with zero attached hydrogens (tertiary/aromatic N) is 1. The molecule has 2 amide bonds. The molecule has 10 heteroatoms. The Morgan fingerprint density at radius 1 is 1.16 bits per heavy atom. The van der Waals surface area contributed by atoms with Gasteiger partial charge in [0.25, 0.3) is 15.9 Å². The van der Waals surface area contributed by atoms with Crippen molar-refractivity contribution in [1.82, 2.24) is 10.0 Å². The molecule has 2 heterocycles. The zero-order valence-electron chi connectivity index (χ0n) is 18.4. The second-order valence-electron chi connectivity index (χ2n) is 7.73. The Morgan fingerprint density at radius 2 is 1.91 bits per heavy atom. The van der Waals surface area contributed by atoms with Crippen LogP contribution >= 0.6 is 0 Å². The Balaban J connectivity index is 1.70. The highest BCUT2D eigenvalue weighted by atomic mass is 32.2. The highest BCUT2D eigenvalue weighted by Crippen LogP contribution is 2.23. The first-order valence-corrected chi connectivity index (χ1v) is 12.3. The van der Waals surface area contributed by atoms with E-state index < -0.39 is 22.0 Å². The molecule has 32 heavy (non-hydrogen) atoms. The van der Waals surface area contributed by atoms with Gasteiger partial charge in [-0.3, -0.25) is 9.59 Å². The number of carbonyl (C=O) groups is 2.